The minimum absolute atomic E-state index is 0.339. The first-order valence-electron chi connectivity index (χ1n) is 7.29. The Bertz CT molecular complexity index is 818. The third-order valence-electron chi connectivity index (χ3n) is 3.38. The SMILES string of the molecule is Cc1ccccc1OCc1nc(SCc2c(Cl)cccc2Cl)n[nH]1. The number of hydrogen-bond acceptors (Lipinski definition) is 4. The molecule has 3 aromatic rings. The van der Waals surface area contributed by atoms with Gasteiger partial charge in [0.1, 0.15) is 12.4 Å². The lowest BCUT2D eigenvalue weighted by molar-refractivity contribution is 0.294. The second-order valence-electron chi connectivity index (χ2n) is 5.11. The number of rotatable bonds is 6. The molecule has 0 saturated carbocycles. The van der Waals surface area contributed by atoms with Crippen molar-refractivity contribution in [3.8, 4) is 5.75 Å². The van der Waals surface area contributed by atoms with E-state index in [-0.39, 0.29) is 0 Å². The van der Waals surface area contributed by atoms with E-state index in [4.69, 9.17) is 27.9 Å². The number of H-pyrrole nitrogens is 1. The summed E-state index contributed by atoms with van der Waals surface area (Å²) in [6, 6.07) is 13.3. The minimum atomic E-state index is 0.339. The van der Waals surface area contributed by atoms with Crippen molar-refractivity contribution in [1.82, 2.24) is 15.2 Å². The van der Waals surface area contributed by atoms with Crippen LogP contribution >= 0.6 is 35.0 Å². The number of hydrogen-bond donors (Lipinski definition) is 1. The van der Waals surface area contributed by atoms with Crippen molar-refractivity contribution in [2.45, 2.75) is 24.4 Å². The predicted octanol–water partition coefficient (Wildman–Crippen LogP) is 5.29. The first-order valence-corrected chi connectivity index (χ1v) is 9.03. The largest absolute Gasteiger partial charge is 0.485 e. The summed E-state index contributed by atoms with van der Waals surface area (Å²) < 4.78 is 5.75. The average molecular weight is 380 g/mol. The lowest BCUT2D eigenvalue weighted by atomic mass is 10.2. The minimum Gasteiger partial charge on any atom is -0.485 e. The van der Waals surface area contributed by atoms with Gasteiger partial charge in [-0.1, -0.05) is 59.2 Å². The van der Waals surface area contributed by atoms with Crippen molar-refractivity contribution in [3.05, 3.63) is 69.5 Å². The van der Waals surface area contributed by atoms with E-state index in [2.05, 4.69) is 15.2 Å². The molecule has 24 heavy (non-hydrogen) atoms. The summed E-state index contributed by atoms with van der Waals surface area (Å²) in [4.78, 5) is 4.41. The molecule has 4 nitrogen and oxygen atoms in total. The van der Waals surface area contributed by atoms with Gasteiger partial charge < -0.3 is 4.74 Å². The van der Waals surface area contributed by atoms with Crippen LogP contribution in [0.3, 0.4) is 0 Å². The standard InChI is InChI=1S/C17H15Cl2N3OS/c1-11-5-2-3-8-15(11)23-9-16-20-17(22-21-16)24-10-12-13(18)6-4-7-14(12)19/h2-8H,9-10H2,1H3,(H,20,21,22). The molecule has 1 heterocycles. The zero-order valence-electron chi connectivity index (χ0n) is 12.9. The van der Waals surface area contributed by atoms with Crippen LogP contribution in [0.4, 0.5) is 0 Å². The van der Waals surface area contributed by atoms with Gasteiger partial charge in [0.2, 0.25) is 5.16 Å². The number of halogens is 2. The molecule has 7 heteroatoms. The van der Waals surface area contributed by atoms with Gasteiger partial charge >= 0.3 is 0 Å². The Hall–Kier alpha value is -1.69. The summed E-state index contributed by atoms with van der Waals surface area (Å²) >= 11 is 13.8. The van der Waals surface area contributed by atoms with E-state index >= 15 is 0 Å². The summed E-state index contributed by atoms with van der Waals surface area (Å²) in [5.41, 5.74) is 1.97. The molecule has 0 aliphatic heterocycles. The highest BCUT2D eigenvalue weighted by Gasteiger charge is 2.10. The molecule has 124 valence electrons. The number of thioether (sulfide) groups is 1. The predicted molar refractivity (Wildman–Crippen MR) is 97.9 cm³/mol. The number of aromatic amines is 1. The molecule has 3 rings (SSSR count). The molecule has 0 atom stereocenters. The van der Waals surface area contributed by atoms with Crippen molar-refractivity contribution >= 4 is 35.0 Å². The van der Waals surface area contributed by atoms with Gasteiger partial charge in [-0.2, -0.15) is 0 Å². The summed E-state index contributed by atoms with van der Waals surface area (Å²) in [5.74, 6) is 2.12. The number of benzene rings is 2. The van der Waals surface area contributed by atoms with E-state index in [0.29, 0.717) is 33.4 Å². The van der Waals surface area contributed by atoms with E-state index in [9.17, 15) is 0 Å². The van der Waals surface area contributed by atoms with Crippen LogP contribution in [-0.4, -0.2) is 15.2 Å². The van der Waals surface area contributed by atoms with Crippen molar-refractivity contribution in [1.29, 1.82) is 0 Å². The molecule has 0 radical (unpaired) electrons. The van der Waals surface area contributed by atoms with E-state index in [1.54, 1.807) is 0 Å². The number of ether oxygens (including phenoxy) is 1. The highest BCUT2D eigenvalue weighted by molar-refractivity contribution is 7.98. The molecule has 2 aromatic carbocycles. The van der Waals surface area contributed by atoms with Crippen molar-refractivity contribution in [3.63, 3.8) is 0 Å². The van der Waals surface area contributed by atoms with Gasteiger partial charge in [0, 0.05) is 15.8 Å². The Morgan fingerprint density at radius 2 is 1.83 bits per heavy atom. The highest BCUT2D eigenvalue weighted by atomic mass is 35.5. The summed E-state index contributed by atoms with van der Waals surface area (Å²) in [7, 11) is 0. The van der Waals surface area contributed by atoms with Gasteiger partial charge in [0.15, 0.2) is 5.82 Å². The third-order valence-corrected chi connectivity index (χ3v) is 4.96. The van der Waals surface area contributed by atoms with Crippen LogP contribution in [0.1, 0.15) is 17.0 Å². The third kappa shape index (κ3) is 4.23. The monoisotopic (exact) mass is 379 g/mol. The summed E-state index contributed by atoms with van der Waals surface area (Å²) in [6.07, 6.45) is 0. The van der Waals surface area contributed by atoms with Gasteiger partial charge in [-0.15, -0.1) is 5.10 Å². The second kappa shape index (κ2) is 7.92. The van der Waals surface area contributed by atoms with Crippen LogP contribution in [-0.2, 0) is 12.4 Å². The first kappa shape index (κ1) is 17.1. The molecule has 0 saturated heterocycles. The Balaban J connectivity index is 1.59. The lowest BCUT2D eigenvalue weighted by Crippen LogP contribution is -1.98. The van der Waals surface area contributed by atoms with E-state index < -0.39 is 0 Å². The van der Waals surface area contributed by atoms with Crippen molar-refractivity contribution in [2.24, 2.45) is 0 Å². The van der Waals surface area contributed by atoms with Gasteiger partial charge in [-0.05, 0) is 36.2 Å². The van der Waals surface area contributed by atoms with Crippen LogP contribution in [0.2, 0.25) is 10.0 Å². The highest BCUT2D eigenvalue weighted by Crippen LogP contribution is 2.30. The van der Waals surface area contributed by atoms with Crippen molar-refractivity contribution < 1.29 is 4.74 Å². The zero-order chi connectivity index (χ0) is 16.9. The quantitative estimate of drug-likeness (QED) is 0.591. The fourth-order valence-corrected chi connectivity index (χ4v) is 3.64. The van der Waals surface area contributed by atoms with Crippen LogP contribution in [0.5, 0.6) is 5.75 Å². The maximum Gasteiger partial charge on any atom is 0.208 e. The van der Waals surface area contributed by atoms with Crippen LogP contribution in [0, 0.1) is 6.92 Å². The van der Waals surface area contributed by atoms with Gasteiger partial charge in [0.05, 0.1) is 0 Å². The maximum atomic E-state index is 6.17. The Morgan fingerprint density at radius 3 is 2.58 bits per heavy atom. The van der Waals surface area contributed by atoms with E-state index in [1.165, 1.54) is 11.8 Å². The fourth-order valence-electron chi connectivity index (χ4n) is 2.08. The Labute approximate surface area is 154 Å². The number of para-hydroxylation sites is 1. The van der Waals surface area contributed by atoms with Gasteiger partial charge in [-0.25, -0.2) is 4.98 Å². The summed E-state index contributed by atoms with van der Waals surface area (Å²) in [6.45, 7) is 2.34. The smallest absolute Gasteiger partial charge is 0.208 e. The molecule has 0 spiro atoms. The number of aromatic nitrogens is 3. The molecule has 1 N–H and O–H groups in total. The van der Waals surface area contributed by atoms with E-state index in [1.807, 2.05) is 49.4 Å². The van der Waals surface area contributed by atoms with Gasteiger partial charge in [-0.3, -0.25) is 5.10 Å². The fraction of sp³-hybridized carbons (Fsp3) is 0.176. The molecule has 1 aromatic heterocycles. The number of aryl methyl sites for hydroxylation is 1. The molecule has 0 fully saturated rings. The molecular weight excluding hydrogens is 365 g/mol. The van der Waals surface area contributed by atoms with Gasteiger partial charge in [0.25, 0.3) is 0 Å². The molecular formula is C17H15Cl2N3OS. The second-order valence-corrected chi connectivity index (χ2v) is 6.86. The normalized spacial score (nSPS) is 10.8. The lowest BCUT2D eigenvalue weighted by Gasteiger charge is -2.06. The molecule has 0 unspecified atom stereocenters. The topological polar surface area (TPSA) is 50.8 Å². The first-order chi connectivity index (χ1) is 11.6. The van der Waals surface area contributed by atoms with Crippen LogP contribution < -0.4 is 4.74 Å². The number of nitrogens with zero attached hydrogens (tertiary/aromatic N) is 2. The average Bonchev–Trinajstić information content (AvgIpc) is 3.01. The molecule has 0 amide bonds. The Kier molecular flexibility index (Phi) is 5.66. The molecule has 0 aliphatic rings. The zero-order valence-corrected chi connectivity index (χ0v) is 15.3. The molecule has 0 aliphatic carbocycles. The Morgan fingerprint density at radius 1 is 1.08 bits per heavy atom. The van der Waals surface area contributed by atoms with Crippen LogP contribution in [0.15, 0.2) is 47.6 Å². The summed E-state index contributed by atoms with van der Waals surface area (Å²) in [5, 5.41) is 9.00. The van der Waals surface area contributed by atoms with E-state index in [0.717, 1.165) is 16.9 Å². The maximum absolute atomic E-state index is 6.17. The molecule has 0 bridgehead atoms. The van der Waals surface area contributed by atoms with Crippen LogP contribution in [0.25, 0.3) is 0 Å². The van der Waals surface area contributed by atoms with Crippen molar-refractivity contribution in [2.75, 3.05) is 0 Å². The number of nitrogens with one attached hydrogen (secondary N) is 1.